The summed E-state index contributed by atoms with van der Waals surface area (Å²) in [5.41, 5.74) is 10.5. The quantitative estimate of drug-likeness (QED) is 0.735. The number of imidazole rings is 1. The molecule has 0 saturated heterocycles. The zero-order valence-electron chi connectivity index (χ0n) is 11.9. The molecule has 4 heteroatoms. The molecule has 4 rings (SSSR count). The average Bonchev–Trinajstić information content (AvgIpc) is 3.03. The van der Waals surface area contributed by atoms with Gasteiger partial charge in [-0.3, -0.25) is 4.40 Å². The van der Waals surface area contributed by atoms with Crippen LogP contribution in [-0.2, 0) is 12.8 Å². The minimum atomic E-state index is 0.128. The van der Waals surface area contributed by atoms with E-state index in [0.717, 1.165) is 17.8 Å². The largest absolute Gasteiger partial charge is 0.324 e. The predicted octanol–water partition coefficient (Wildman–Crippen LogP) is 3.59. The van der Waals surface area contributed by atoms with Crippen molar-refractivity contribution in [3.63, 3.8) is 0 Å². The van der Waals surface area contributed by atoms with Gasteiger partial charge in [-0.15, -0.1) is 11.3 Å². The van der Waals surface area contributed by atoms with Crippen LogP contribution in [0.4, 0.5) is 0 Å². The topological polar surface area (TPSA) is 43.3 Å². The van der Waals surface area contributed by atoms with Crippen molar-refractivity contribution in [2.24, 2.45) is 11.7 Å². The summed E-state index contributed by atoms with van der Waals surface area (Å²) in [5, 5.41) is 2.07. The van der Waals surface area contributed by atoms with Gasteiger partial charge in [-0.05, 0) is 42.7 Å². The molecule has 0 amide bonds. The molecule has 2 N–H and O–H groups in total. The third kappa shape index (κ3) is 2.39. The molecule has 0 aliphatic heterocycles. The van der Waals surface area contributed by atoms with Gasteiger partial charge >= 0.3 is 0 Å². The van der Waals surface area contributed by atoms with Gasteiger partial charge in [0, 0.05) is 23.8 Å². The maximum Gasteiger partial charge on any atom is 0.193 e. The van der Waals surface area contributed by atoms with Gasteiger partial charge in [0.2, 0.25) is 0 Å². The first kappa shape index (κ1) is 13.0. The summed E-state index contributed by atoms with van der Waals surface area (Å²) >= 11 is 1.68. The Morgan fingerprint density at radius 2 is 2.24 bits per heavy atom. The minimum Gasteiger partial charge on any atom is -0.324 e. The van der Waals surface area contributed by atoms with Crippen LogP contribution in [0.5, 0.6) is 0 Å². The first-order chi connectivity index (χ1) is 10.3. The van der Waals surface area contributed by atoms with Crippen molar-refractivity contribution >= 4 is 16.3 Å². The van der Waals surface area contributed by atoms with E-state index in [1.807, 2.05) is 0 Å². The van der Waals surface area contributed by atoms with E-state index in [-0.39, 0.29) is 6.04 Å². The second-order valence-corrected chi connectivity index (χ2v) is 6.78. The monoisotopic (exact) mass is 297 g/mol. The molecule has 3 aromatic rings. The molecule has 0 fully saturated rings. The van der Waals surface area contributed by atoms with E-state index in [2.05, 4.69) is 46.4 Å². The number of benzene rings is 1. The van der Waals surface area contributed by atoms with E-state index >= 15 is 0 Å². The molecule has 1 aliphatic carbocycles. The van der Waals surface area contributed by atoms with Gasteiger partial charge in [0.05, 0.1) is 5.69 Å². The van der Waals surface area contributed by atoms with Crippen molar-refractivity contribution in [2.45, 2.75) is 31.7 Å². The van der Waals surface area contributed by atoms with E-state index in [0.29, 0.717) is 5.92 Å². The van der Waals surface area contributed by atoms with Crippen LogP contribution in [0.3, 0.4) is 0 Å². The molecule has 0 saturated carbocycles. The van der Waals surface area contributed by atoms with Crippen molar-refractivity contribution in [1.82, 2.24) is 9.38 Å². The smallest absolute Gasteiger partial charge is 0.193 e. The van der Waals surface area contributed by atoms with E-state index in [9.17, 15) is 0 Å². The van der Waals surface area contributed by atoms with Crippen molar-refractivity contribution in [3.8, 4) is 0 Å². The first-order valence-corrected chi connectivity index (χ1v) is 8.44. The van der Waals surface area contributed by atoms with Gasteiger partial charge in [0.15, 0.2) is 4.96 Å². The lowest BCUT2D eigenvalue weighted by Gasteiger charge is -2.22. The zero-order chi connectivity index (χ0) is 14.2. The Morgan fingerprint density at radius 1 is 1.33 bits per heavy atom. The molecule has 0 spiro atoms. The highest BCUT2D eigenvalue weighted by molar-refractivity contribution is 7.15. The molecule has 2 atom stereocenters. The Balaban J connectivity index is 1.61. The highest BCUT2D eigenvalue weighted by atomic mass is 32.1. The second kappa shape index (κ2) is 5.28. The van der Waals surface area contributed by atoms with E-state index in [1.165, 1.54) is 29.7 Å². The number of hydrogen-bond acceptors (Lipinski definition) is 3. The van der Waals surface area contributed by atoms with Gasteiger partial charge < -0.3 is 5.73 Å². The molecule has 2 heterocycles. The number of nitrogens with two attached hydrogens (primary N) is 1. The minimum absolute atomic E-state index is 0.128. The third-order valence-electron chi connectivity index (χ3n) is 4.56. The average molecular weight is 297 g/mol. The van der Waals surface area contributed by atoms with Crippen molar-refractivity contribution < 1.29 is 0 Å². The number of hydrogen-bond donors (Lipinski definition) is 1. The Morgan fingerprint density at radius 3 is 3.14 bits per heavy atom. The molecule has 21 heavy (non-hydrogen) atoms. The fourth-order valence-electron chi connectivity index (χ4n) is 3.45. The second-order valence-electron chi connectivity index (χ2n) is 5.91. The Bertz CT molecular complexity index is 730. The zero-order valence-corrected chi connectivity index (χ0v) is 12.7. The van der Waals surface area contributed by atoms with E-state index in [1.54, 1.807) is 11.3 Å². The SMILES string of the molecule is NC1c2ccccc2CCCC1Cc1cn2ccsc2n1. The van der Waals surface area contributed by atoms with Gasteiger partial charge in [-0.1, -0.05) is 24.3 Å². The van der Waals surface area contributed by atoms with Crippen molar-refractivity contribution in [3.05, 3.63) is 58.9 Å². The Labute approximate surface area is 128 Å². The molecule has 108 valence electrons. The molecule has 2 aromatic heterocycles. The molecule has 1 aliphatic rings. The predicted molar refractivity (Wildman–Crippen MR) is 86.6 cm³/mol. The summed E-state index contributed by atoms with van der Waals surface area (Å²) < 4.78 is 2.11. The third-order valence-corrected chi connectivity index (χ3v) is 5.33. The molecular weight excluding hydrogens is 278 g/mol. The standard InChI is InChI=1S/C17H19N3S/c18-16-13(6-3-5-12-4-1-2-7-15(12)16)10-14-11-20-8-9-21-17(20)19-14/h1-2,4,7-9,11,13,16H,3,5-6,10,18H2. The van der Waals surface area contributed by atoms with Crippen molar-refractivity contribution in [2.75, 3.05) is 0 Å². The van der Waals surface area contributed by atoms with Crippen LogP contribution in [0.2, 0.25) is 0 Å². The number of nitrogens with zero attached hydrogens (tertiary/aromatic N) is 2. The molecule has 0 radical (unpaired) electrons. The molecule has 1 aromatic carbocycles. The molecule has 3 nitrogen and oxygen atoms in total. The number of fused-ring (bicyclic) bond motifs is 2. The fourth-order valence-corrected chi connectivity index (χ4v) is 4.17. The van der Waals surface area contributed by atoms with Crippen LogP contribution in [0.15, 0.2) is 42.0 Å². The van der Waals surface area contributed by atoms with Gasteiger partial charge in [0.25, 0.3) is 0 Å². The molecular formula is C17H19N3S. The van der Waals surface area contributed by atoms with E-state index in [4.69, 9.17) is 10.7 Å². The summed E-state index contributed by atoms with van der Waals surface area (Å²) in [5.74, 6) is 0.484. The fraction of sp³-hybridized carbons (Fsp3) is 0.353. The van der Waals surface area contributed by atoms with E-state index < -0.39 is 0 Å². The van der Waals surface area contributed by atoms with Crippen LogP contribution >= 0.6 is 11.3 Å². The number of thiazole rings is 1. The lowest BCUT2D eigenvalue weighted by atomic mass is 9.88. The Hall–Kier alpha value is -1.65. The maximum absolute atomic E-state index is 6.58. The molecule has 2 unspecified atom stereocenters. The van der Waals surface area contributed by atoms with Crippen molar-refractivity contribution in [1.29, 1.82) is 0 Å². The Kier molecular flexibility index (Phi) is 3.28. The van der Waals surface area contributed by atoms with Crippen LogP contribution < -0.4 is 5.73 Å². The highest BCUT2D eigenvalue weighted by Gasteiger charge is 2.25. The van der Waals surface area contributed by atoms with Gasteiger partial charge in [-0.25, -0.2) is 4.98 Å². The normalized spacial score (nSPS) is 22.1. The first-order valence-electron chi connectivity index (χ1n) is 7.56. The lowest BCUT2D eigenvalue weighted by molar-refractivity contribution is 0.399. The summed E-state index contributed by atoms with van der Waals surface area (Å²) in [4.78, 5) is 5.79. The van der Waals surface area contributed by atoms with Crippen LogP contribution in [0, 0.1) is 5.92 Å². The lowest BCUT2D eigenvalue weighted by Crippen LogP contribution is -2.23. The van der Waals surface area contributed by atoms with Crippen LogP contribution in [-0.4, -0.2) is 9.38 Å². The summed E-state index contributed by atoms with van der Waals surface area (Å²) in [6, 6.07) is 8.78. The number of rotatable bonds is 2. The summed E-state index contributed by atoms with van der Waals surface area (Å²) in [6.07, 6.45) is 8.75. The summed E-state index contributed by atoms with van der Waals surface area (Å²) in [6.45, 7) is 0. The maximum atomic E-state index is 6.58. The van der Waals surface area contributed by atoms with Crippen LogP contribution in [0.25, 0.3) is 4.96 Å². The van der Waals surface area contributed by atoms with Crippen LogP contribution in [0.1, 0.15) is 35.7 Å². The number of aromatic nitrogens is 2. The number of aryl methyl sites for hydroxylation is 1. The highest BCUT2D eigenvalue weighted by Crippen LogP contribution is 2.33. The van der Waals surface area contributed by atoms with Gasteiger partial charge in [0.1, 0.15) is 0 Å². The summed E-state index contributed by atoms with van der Waals surface area (Å²) in [7, 11) is 0. The molecule has 0 bridgehead atoms. The van der Waals surface area contributed by atoms with Gasteiger partial charge in [-0.2, -0.15) is 0 Å².